The minimum Gasteiger partial charge on any atom is -0.497 e. The average Bonchev–Trinajstić information content (AvgIpc) is 2.38. The van der Waals surface area contributed by atoms with E-state index >= 15 is 0 Å². The second kappa shape index (κ2) is 5.07. The van der Waals surface area contributed by atoms with Gasteiger partial charge in [-0.3, -0.25) is 0 Å². The van der Waals surface area contributed by atoms with Crippen molar-refractivity contribution in [3.05, 3.63) is 58.7 Å². The predicted octanol–water partition coefficient (Wildman–Crippen LogP) is 4.71. The normalized spacial score (nSPS) is 9.89. The van der Waals surface area contributed by atoms with Gasteiger partial charge in [0.15, 0.2) is 5.69 Å². The Labute approximate surface area is 109 Å². The first-order valence-electron chi connectivity index (χ1n) is 5.16. The van der Waals surface area contributed by atoms with E-state index in [0.717, 1.165) is 0 Å². The Bertz CT molecular complexity index is 634. The molecule has 0 aliphatic rings. The number of ether oxygens (including phenoxy) is 1. The molecule has 0 amide bonds. The van der Waals surface area contributed by atoms with Crippen LogP contribution in [0.3, 0.4) is 0 Å². The monoisotopic (exact) mass is 261 g/mol. The lowest BCUT2D eigenvalue weighted by Crippen LogP contribution is -1.90. The van der Waals surface area contributed by atoms with E-state index in [9.17, 15) is 4.39 Å². The first-order valence-corrected chi connectivity index (χ1v) is 5.54. The summed E-state index contributed by atoms with van der Waals surface area (Å²) >= 11 is 5.71. The molecule has 4 heteroatoms. The smallest absolute Gasteiger partial charge is 0.190 e. The van der Waals surface area contributed by atoms with Crippen molar-refractivity contribution in [2.45, 2.75) is 0 Å². The third-order valence-electron chi connectivity index (χ3n) is 2.54. The molecular weight excluding hydrogens is 253 g/mol. The molecule has 2 rings (SSSR count). The maximum atomic E-state index is 13.8. The maximum Gasteiger partial charge on any atom is 0.190 e. The molecule has 0 saturated carbocycles. The lowest BCUT2D eigenvalue weighted by Gasteiger charge is -2.10. The van der Waals surface area contributed by atoms with Crippen LogP contribution in [0.1, 0.15) is 0 Å². The highest BCUT2D eigenvalue weighted by Gasteiger charge is 2.11. The molecule has 0 bridgehead atoms. The predicted molar refractivity (Wildman–Crippen MR) is 69.7 cm³/mol. The minimum atomic E-state index is -0.420. The second-order valence-corrected chi connectivity index (χ2v) is 4.06. The van der Waals surface area contributed by atoms with E-state index in [4.69, 9.17) is 22.9 Å². The zero-order valence-electron chi connectivity index (χ0n) is 9.58. The fraction of sp³-hybridized carbons (Fsp3) is 0.0714. The maximum absolute atomic E-state index is 13.8. The fourth-order valence-corrected chi connectivity index (χ4v) is 1.84. The van der Waals surface area contributed by atoms with Crippen LogP contribution in [-0.2, 0) is 0 Å². The van der Waals surface area contributed by atoms with Crippen LogP contribution in [0.5, 0.6) is 5.75 Å². The number of halogens is 2. The summed E-state index contributed by atoms with van der Waals surface area (Å²) in [5, 5.41) is 0.341. The molecule has 2 aromatic rings. The molecule has 0 heterocycles. The number of nitrogens with zero attached hydrogens (tertiary/aromatic N) is 1. The molecule has 18 heavy (non-hydrogen) atoms. The van der Waals surface area contributed by atoms with Gasteiger partial charge < -0.3 is 4.74 Å². The number of benzene rings is 2. The molecule has 0 spiro atoms. The number of rotatable bonds is 2. The summed E-state index contributed by atoms with van der Waals surface area (Å²) < 4.78 is 19.0. The van der Waals surface area contributed by atoms with Crippen molar-refractivity contribution in [2.75, 3.05) is 7.11 Å². The van der Waals surface area contributed by atoms with E-state index in [1.54, 1.807) is 30.3 Å². The molecule has 0 N–H and O–H groups in total. The Balaban J connectivity index is 2.60. The lowest BCUT2D eigenvalue weighted by molar-refractivity contribution is 0.416. The van der Waals surface area contributed by atoms with Crippen LogP contribution in [0, 0.1) is 12.4 Å². The molecule has 0 radical (unpaired) electrons. The van der Waals surface area contributed by atoms with Crippen molar-refractivity contribution in [3.8, 4) is 16.9 Å². The first-order chi connectivity index (χ1) is 8.65. The lowest BCUT2D eigenvalue weighted by atomic mass is 10.0. The van der Waals surface area contributed by atoms with Gasteiger partial charge in [-0.15, -0.1) is 0 Å². The zero-order chi connectivity index (χ0) is 13.1. The van der Waals surface area contributed by atoms with Crippen LogP contribution in [0.4, 0.5) is 10.1 Å². The molecule has 2 nitrogen and oxygen atoms in total. The van der Waals surface area contributed by atoms with Crippen LogP contribution in [0.15, 0.2) is 36.4 Å². The Morgan fingerprint density at radius 1 is 1.17 bits per heavy atom. The first kappa shape index (κ1) is 12.4. The number of hydrogen-bond donors (Lipinski definition) is 0. The van der Waals surface area contributed by atoms with Crippen molar-refractivity contribution in [3.63, 3.8) is 0 Å². The Kier molecular flexibility index (Phi) is 3.50. The molecular formula is C14H9ClFNO. The summed E-state index contributed by atoms with van der Waals surface area (Å²) in [4.78, 5) is 3.31. The molecule has 90 valence electrons. The number of hydrogen-bond acceptors (Lipinski definition) is 1. The van der Waals surface area contributed by atoms with Crippen molar-refractivity contribution in [2.24, 2.45) is 0 Å². The van der Waals surface area contributed by atoms with E-state index in [1.807, 2.05) is 0 Å². The van der Waals surface area contributed by atoms with Gasteiger partial charge >= 0.3 is 0 Å². The molecule has 0 saturated heterocycles. The second-order valence-electron chi connectivity index (χ2n) is 3.62. The van der Waals surface area contributed by atoms with Gasteiger partial charge in [-0.1, -0.05) is 23.7 Å². The Morgan fingerprint density at radius 3 is 2.50 bits per heavy atom. The van der Waals surface area contributed by atoms with Gasteiger partial charge in [0, 0.05) is 16.1 Å². The van der Waals surface area contributed by atoms with Gasteiger partial charge in [-0.25, -0.2) is 9.24 Å². The molecule has 0 atom stereocenters. The molecule has 0 aliphatic carbocycles. The number of methoxy groups -OCH3 is 1. The van der Waals surface area contributed by atoms with Crippen molar-refractivity contribution in [1.29, 1.82) is 0 Å². The highest BCUT2D eigenvalue weighted by molar-refractivity contribution is 6.30. The molecule has 0 fully saturated rings. The van der Waals surface area contributed by atoms with Crippen LogP contribution >= 0.6 is 11.6 Å². The third-order valence-corrected chi connectivity index (χ3v) is 2.77. The van der Waals surface area contributed by atoms with E-state index in [1.165, 1.54) is 13.2 Å². The van der Waals surface area contributed by atoms with Crippen LogP contribution in [0.25, 0.3) is 16.0 Å². The largest absolute Gasteiger partial charge is 0.497 e. The van der Waals surface area contributed by atoms with Gasteiger partial charge in [-0.05, 0) is 24.3 Å². The van der Waals surface area contributed by atoms with Crippen LogP contribution in [0.2, 0.25) is 5.02 Å². The summed E-state index contributed by atoms with van der Waals surface area (Å²) in [6.07, 6.45) is 0. The molecule has 0 unspecified atom stereocenters. The fourth-order valence-electron chi connectivity index (χ4n) is 1.68. The highest BCUT2D eigenvalue weighted by atomic mass is 35.5. The standard InChI is InChI=1S/C14H9ClFNO/c1-17-10-4-6-12(14(8-10)18-2)11-5-3-9(15)7-13(11)16/h3-8H,2H3. The highest BCUT2D eigenvalue weighted by Crippen LogP contribution is 2.35. The quantitative estimate of drug-likeness (QED) is 0.714. The van der Waals surface area contributed by atoms with E-state index in [2.05, 4.69) is 4.85 Å². The van der Waals surface area contributed by atoms with Gasteiger partial charge in [-0.2, -0.15) is 0 Å². The third kappa shape index (κ3) is 2.29. The van der Waals surface area contributed by atoms with Crippen molar-refractivity contribution < 1.29 is 9.13 Å². The molecule has 2 aromatic carbocycles. The van der Waals surface area contributed by atoms with Gasteiger partial charge in [0.2, 0.25) is 0 Å². The van der Waals surface area contributed by atoms with E-state index in [-0.39, 0.29) is 0 Å². The Hall–Kier alpha value is -2.05. The molecule has 0 aliphatic heterocycles. The summed E-state index contributed by atoms with van der Waals surface area (Å²) in [5.41, 5.74) is 1.44. The summed E-state index contributed by atoms with van der Waals surface area (Å²) in [5.74, 6) is 0.0427. The van der Waals surface area contributed by atoms with Crippen molar-refractivity contribution in [1.82, 2.24) is 0 Å². The van der Waals surface area contributed by atoms with Gasteiger partial charge in [0.1, 0.15) is 11.6 Å². The minimum absolute atomic E-state index is 0.341. The van der Waals surface area contributed by atoms with Crippen molar-refractivity contribution >= 4 is 17.3 Å². The molecule has 0 aromatic heterocycles. The summed E-state index contributed by atoms with van der Waals surface area (Å²) in [6, 6.07) is 9.32. The summed E-state index contributed by atoms with van der Waals surface area (Å²) in [6.45, 7) is 6.94. The topological polar surface area (TPSA) is 13.6 Å². The van der Waals surface area contributed by atoms with Crippen LogP contribution < -0.4 is 4.74 Å². The Morgan fingerprint density at radius 2 is 1.89 bits per heavy atom. The van der Waals surface area contributed by atoms with Crippen LogP contribution in [-0.4, -0.2) is 7.11 Å². The van der Waals surface area contributed by atoms with Gasteiger partial charge in [0.25, 0.3) is 0 Å². The summed E-state index contributed by atoms with van der Waals surface area (Å²) in [7, 11) is 1.49. The zero-order valence-corrected chi connectivity index (χ0v) is 10.3. The average molecular weight is 262 g/mol. The SMILES string of the molecule is [C-]#[N+]c1ccc(-c2ccc(Cl)cc2F)c(OC)c1. The van der Waals surface area contributed by atoms with Gasteiger partial charge in [0.05, 0.1) is 13.7 Å². The van der Waals surface area contributed by atoms with E-state index < -0.39 is 5.82 Å². The van der Waals surface area contributed by atoms with E-state index in [0.29, 0.717) is 27.6 Å².